The van der Waals surface area contributed by atoms with Crippen LogP contribution in [0.4, 0.5) is 0 Å². The lowest BCUT2D eigenvalue weighted by atomic mass is 10.0. The van der Waals surface area contributed by atoms with Crippen molar-refractivity contribution in [2.75, 3.05) is 13.2 Å². The van der Waals surface area contributed by atoms with E-state index in [1.54, 1.807) is 0 Å². The number of allylic oxidation sites excluding steroid dienone is 16. The Morgan fingerprint density at radius 2 is 0.487 bits per heavy atom. The lowest BCUT2D eigenvalue weighted by Gasteiger charge is -2.18. The minimum Gasteiger partial charge on any atom is -0.462 e. The first-order valence-corrected chi connectivity index (χ1v) is 34.2. The van der Waals surface area contributed by atoms with Crippen LogP contribution < -0.4 is 0 Å². The van der Waals surface area contributed by atoms with Crippen molar-refractivity contribution in [3.63, 3.8) is 0 Å². The maximum Gasteiger partial charge on any atom is 0.306 e. The predicted octanol–water partition coefficient (Wildman–Crippen LogP) is 23.6. The van der Waals surface area contributed by atoms with Crippen LogP contribution in [0.1, 0.15) is 335 Å². The minimum absolute atomic E-state index is 0.0918. The van der Waals surface area contributed by atoms with Crippen LogP contribution in [0.3, 0.4) is 0 Å². The van der Waals surface area contributed by atoms with Crippen LogP contribution in [0.15, 0.2) is 97.2 Å². The van der Waals surface area contributed by atoms with Crippen LogP contribution in [0.25, 0.3) is 0 Å². The van der Waals surface area contributed by atoms with E-state index < -0.39 is 6.10 Å². The van der Waals surface area contributed by atoms with Gasteiger partial charge in [0.1, 0.15) is 13.2 Å². The van der Waals surface area contributed by atoms with Crippen LogP contribution >= 0.6 is 0 Å². The minimum atomic E-state index is -0.801. The van der Waals surface area contributed by atoms with Crippen LogP contribution in [0, 0.1) is 0 Å². The van der Waals surface area contributed by atoms with E-state index in [1.165, 1.54) is 180 Å². The van der Waals surface area contributed by atoms with Gasteiger partial charge in [-0.2, -0.15) is 0 Å². The standard InChI is InChI=1S/C74H128O6/c1-4-7-10-13-16-19-22-25-28-30-32-34-35-36-37-38-40-41-43-46-49-52-55-58-61-64-67-73(76)79-70-71(69-78-72(75)66-63-60-57-54-51-48-45-27-24-21-18-15-12-9-6-3)80-74(77)68-65-62-59-56-53-50-47-44-42-39-33-31-29-26-23-20-17-14-11-8-5-2/h8-9,11-12,17-18,20-21,26-27,29,33,39,45,51,54,71H,4-7,10,13-16,19,22-25,28,30-32,34-38,40-44,46-50,52-53,55-70H2,1-3H3/b11-8-,12-9-,20-17-,21-18-,29-26-,39-33-,45-27-,54-51-. The molecule has 0 spiro atoms. The van der Waals surface area contributed by atoms with Crippen LogP contribution in [0.2, 0.25) is 0 Å². The average molecular weight is 1110 g/mol. The summed E-state index contributed by atoms with van der Waals surface area (Å²) in [6.07, 6.45) is 91.5. The van der Waals surface area contributed by atoms with Crippen LogP contribution in [-0.4, -0.2) is 37.2 Å². The zero-order valence-electron chi connectivity index (χ0n) is 52.8. The normalized spacial score (nSPS) is 12.7. The monoisotopic (exact) mass is 1110 g/mol. The third kappa shape index (κ3) is 65.1. The van der Waals surface area contributed by atoms with Gasteiger partial charge in [0.2, 0.25) is 0 Å². The summed E-state index contributed by atoms with van der Waals surface area (Å²) < 4.78 is 16.9. The number of esters is 3. The number of hydrogen-bond acceptors (Lipinski definition) is 6. The van der Waals surface area contributed by atoms with Crippen molar-refractivity contribution in [1.82, 2.24) is 0 Å². The van der Waals surface area contributed by atoms with E-state index >= 15 is 0 Å². The van der Waals surface area contributed by atoms with Gasteiger partial charge in [-0.05, 0) is 96.3 Å². The van der Waals surface area contributed by atoms with Gasteiger partial charge >= 0.3 is 17.9 Å². The molecule has 0 heterocycles. The zero-order chi connectivity index (χ0) is 57.8. The molecular weight excluding hydrogens is 985 g/mol. The number of hydrogen-bond donors (Lipinski definition) is 0. The number of rotatable bonds is 62. The summed E-state index contributed by atoms with van der Waals surface area (Å²) in [7, 11) is 0. The Morgan fingerprint density at radius 1 is 0.263 bits per heavy atom. The number of unbranched alkanes of at least 4 members (excludes halogenated alkanes) is 35. The van der Waals surface area contributed by atoms with E-state index in [2.05, 4.69) is 118 Å². The molecular formula is C74H128O6. The second kappa shape index (κ2) is 67.8. The molecule has 0 aromatic carbocycles. The largest absolute Gasteiger partial charge is 0.462 e. The SMILES string of the molecule is CC/C=C\C/C=C\C/C=C\C/C=C\CCCCCCCCCCC(=O)OC(COC(=O)CCCC/C=C\C/C=C\C/C=C\C/C=C\CC)COC(=O)CCCCCCCCCCCCCCCCCCCCCCCCCCCC. The maximum absolute atomic E-state index is 12.9. The van der Waals surface area contributed by atoms with Crippen molar-refractivity contribution < 1.29 is 28.6 Å². The summed E-state index contributed by atoms with van der Waals surface area (Å²) >= 11 is 0. The molecule has 6 heteroatoms. The topological polar surface area (TPSA) is 78.9 Å². The molecule has 0 radical (unpaired) electrons. The van der Waals surface area contributed by atoms with Gasteiger partial charge < -0.3 is 14.2 Å². The van der Waals surface area contributed by atoms with Crippen molar-refractivity contribution >= 4 is 17.9 Å². The quantitative estimate of drug-likeness (QED) is 0.0261. The van der Waals surface area contributed by atoms with Crippen molar-refractivity contribution in [1.29, 1.82) is 0 Å². The van der Waals surface area contributed by atoms with Crippen molar-refractivity contribution in [2.45, 2.75) is 341 Å². The molecule has 0 aliphatic carbocycles. The number of ether oxygens (including phenoxy) is 3. The molecule has 0 saturated carbocycles. The molecule has 0 amide bonds. The average Bonchev–Trinajstić information content (AvgIpc) is 3.46. The molecule has 0 aliphatic rings. The smallest absolute Gasteiger partial charge is 0.306 e. The summed E-state index contributed by atoms with van der Waals surface area (Å²) in [4.78, 5) is 38.4. The molecule has 6 nitrogen and oxygen atoms in total. The Hall–Kier alpha value is -3.67. The van der Waals surface area contributed by atoms with Gasteiger partial charge in [-0.3, -0.25) is 14.4 Å². The van der Waals surface area contributed by atoms with E-state index in [9.17, 15) is 14.4 Å². The molecule has 0 bridgehead atoms. The Labute approximate surface area is 496 Å². The molecule has 1 atom stereocenters. The summed E-state index contributed by atoms with van der Waals surface area (Å²) in [6.45, 7) is 6.42. The van der Waals surface area contributed by atoms with Gasteiger partial charge in [0.25, 0.3) is 0 Å². The summed E-state index contributed by atoms with van der Waals surface area (Å²) in [5.41, 5.74) is 0. The van der Waals surface area contributed by atoms with Crippen molar-refractivity contribution in [2.24, 2.45) is 0 Å². The van der Waals surface area contributed by atoms with Crippen LogP contribution in [0.5, 0.6) is 0 Å². The highest BCUT2D eigenvalue weighted by atomic mass is 16.6. The van der Waals surface area contributed by atoms with E-state index in [0.717, 1.165) is 116 Å². The molecule has 0 aliphatic heterocycles. The fraction of sp³-hybridized carbons (Fsp3) is 0.743. The molecule has 1 unspecified atom stereocenters. The fourth-order valence-electron chi connectivity index (χ4n) is 9.78. The third-order valence-corrected chi connectivity index (χ3v) is 14.8. The van der Waals surface area contributed by atoms with Gasteiger partial charge in [0, 0.05) is 19.3 Å². The highest BCUT2D eigenvalue weighted by Gasteiger charge is 2.19. The molecule has 460 valence electrons. The predicted molar refractivity (Wildman–Crippen MR) is 348 cm³/mol. The van der Waals surface area contributed by atoms with Gasteiger partial charge in [-0.25, -0.2) is 0 Å². The molecule has 0 aromatic rings. The Balaban J connectivity index is 4.33. The maximum atomic E-state index is 12.9. The first-order chi connectivity index (χ1) is 39.5. The molecule has 0 fully saturated rings. The summed E-state index contributed by atoms with van der Waals surface area (Å²) in [5, 5.41) is 0. The fourth-order valence-corrected chi connectivity index (χ4v) is 9.78. The number of carbonyl (C=O) groups excluding carboxylic acids is 3. The second-order valence-corrected chi connectivity index (χ2v) is 22.7. The van der Waals surface area contributed by atoms with E-state index in [0.29, 0.717) is 19.3 Å². The molecule has 80 heavy (non-hydrogen) atoms. The molecule has 0 aromatic heterocycles. The molecule has 0 rings (SSSR count). The highest BCUT2D eigenvalue weighted by molar-refractivity contribution is 5.71. The summed E-state index contributed by atoms with van der Waals surface area (Å²) in [5.74, 6) is -0.929. The Bertz CT molecular complexity index is 1560. The van der Waals surface area contributed by atoms with Crippen LogP contribution in [-0.2, 0) is 28.6 Å². The van der Waals surface area contributed by atoms with Gasteiger partial charge in [0.15, 0.2) is 6.10 Å². The zero-order valence-corrected chi connectivity index (χ0v) is 52.8. The van der Waals surface area contributed by atoms with Gasteiger partial charge in [-0.15, -0.1) is 0 Å². The highest BCUT2D eigenvalue weighted by Crippen LogP contribution is 2.18. The Morgan fingerprint density at radius 3 is 0.787 bits per heavy atom. The molecule has 0 N–H and O–H groups in total. The second-order valence-electron chi connectivity index (χ2n) is 22.7. The third-order valence-electron chi connectivity index (χ3n) is 14.8. The van der Waals surface area contributed by atoms with Gasteiger partial charge in [0.05, 0.1) is 0 Å². The first-order valence-electron chi connectivity index (χ1n) is 34.2. The first kappa shape index (κ1) is 76.3. The van der Waals surface area contributed by atoms with Crippen molar-refractivity contribution in [3.05, 3.63) is 97.2 Å². The van der Waals surface area contributed by atoms with E-state index in [4.69, 9.17) is 14.2 Å². The Kier molecular flexibility index (Phi) is 64.7. The lowest BCUT2D eigenvalue weighted by Crippen LogP contribution is -2.30. The van der Waals surface area contributed by atoms with Gasteiger partial charge in [-0.1, -0.05) is 317 Å². The number of carbonyl (C=O) groups is 3. The summed E-state index contributed by atoms with van der Waals surface area (Å²) in [6, 6.07) is 0. The lowest BCUT2D eigenvalue weighted by molar-refractivity contribution is -0.167. The van der Waals surface area contributed by atoms with E-state index in [-0.39, 0.29) is 31.1 Å². The van der Waals surface area contributed by atoms with E-state index in [1.807, 2.05) is 0 Å². The van der Waals surface area contributed by atoms with Crippen molar-refractivity contribution in [3.8, 4) is 0 Å². The molecule has 0 saturated heterocycles.